The zero-order chi connectivity index (χ0) is 15.7. The highest BCUT2D eigenvalue weighted by molar-refractivity contribution is 7.89. The van der Waals surface area contributed by atoms with Gasteiger partial charge in [0.2, 0.25) is 10.0 Å². The molecule has 0 radical (unpaired) electrons. The summed E-state index contributed by atoms with van der Waals surface area (Å²) in [5, 5.41) is 18.2. The highest BCUT2D eigenvalue weighted by Crippen LogP contribution is 2.21. The standard InChI is InChI=1S/C12H16FNO5S/c1-7-4-9(13)5-8(2)10(7)20(18,19)14-6-12(3,17)11(15)16/h4-5,14,17H,6H2,1-3H3,(H,15,16). The Kier molecular flexibility index (Phi) is 4.52. The Morgan fingerprint density at radius 3 is 2.20 bits per heavy atom. The molecule has 0 saturated carbocycles. The molecule has 0 spiro atoms. The molecule has 8 heteroatoms. The average molecular weight is 305 g/mol. The van der Waals surface area contributed by atoms with Crippen molar-refractivity contribution in [3.05, 3.63) is 29.1 Å². The number of nitrogens with one attached hydrogen (secondary N) is 1. The lowest BCUT2D eigenvalue weighted by Gasteiger charge is -2.19. The van der Waals surface area contributed by atoms with Crippen molar-refractivity contribution in [3.8, 4) is 0 Å². The summed E-state index contributed by atoms with van der Waals surface area (Å²) in [6.45, 7) is 3.14. The minimum absolute atomic E-state index is 0.125. The van der Waals surface area contributed by atoms with Gasteiger partial charge in [0, 0.05) is 0 Å². The number of hydrogen-bond donors (Lipinski definition) is 3. The van der Waals surface area contributed by atoms with Crippen LogP contribution in [0.2, 0.25) is 0 Å². The molecule has 0 aliphatic heterocycles. The maximum Gasteiger partial charge on any atom is 0.336 e. The Morgan fingerprint density at radius 2 is 1.80 bits per heavy atom. The SMILES string of the molecule is Cc1cc(F)cc(C)c1S(=O)(=O)NCC(C)(O)C(=O)O. The summed E-state index contributed by atoms with van der Waals surface area (Å²) < 4.78 is 39.4. The molecule has 0 aromatic heterocycles. The fraction of sp³-hybridized carbons (Fsp3) is 0.417. The Bertz CT molecular complexity index is 616. The number of hydrogen-bond acceptors (Lipinski definition) is 4. The van der Waals surface area contributed by atoms with Gasteiger partial charge in [-0.25, -0.2) is 22.3 Å². The van der Waals surface area contributed by atoms with Crippen molar-refractivity contribution in [2.45, 2.75) is 31.3 Å². The molecular formula is C12H16FNO5S. The normalized spacial score (nSPS) is 14.8. The molecule has 20 heavy (non-hydrogen) atoms. The van der Waals surface area contributed by atoms with E-state index >= 15 is 0 Å². The van der Waals surface area contributed by atoms with Gasteiger partial charge in [0.15, 0.2) is 5.60 Å². The zero-order valence-electron chi connectivity index (χ0n) is 11.3. The number of sulfonamides is 1. The number of carboxylic acid groups (broad SMARTS) is 1. The van der Waals surface area contributed by atoms with Gasteiger partial charge in [-0.3, -0.25) is 0 Å². The largest absolute Gasteiger partial charge is 0.479 e. The summed E-state index contributed by atoms with van der Waals surface area (Å²) in [6.07, 6.45) is 0. The van der Waals surface area contributed by atoms with Gasteiger partial charge in [0.05, 0.1) is 11.4 Å². The summed E-state index contributed by atoms with van der Waals surface area (Å²) in [5.41, 5.74) is -1.83. The molecule has 6 nitrogen and oxygen atoms in total. The van der Waals surface area contributed by atoms with Crippen LogP contribution in [-0.4, -0.2) is 36.7 Å². The van der Waals surface area contributed by atoms with Crippen LogP contribution in [0.4, 0.5) is 4.39 Å². The molecule has 0 bridgehead atoms. The minimum Gasteiger partial charge on any atom is -0.479 e. The number of aliphatic carboxylic acids is 1. The molecule has 1 rings (SSSR count). The number of rotatable bonds is 5. The lowest BCUT2D eigenvalue weighted by atomic mass is 10.1. The molecule has 0 amide bonds. The van der Waals surface area contributed by atoms with Gasteiger partial charge in [0.25, 0.3) is 0 Å². The summed E-state index contributed by atoms with van der Waals surface area (Å²) >= 11 is 0. The second-order valence-electron chi connectivity index (χ2n) is 4.77. The number of halogens is 1. The quantitative estimate of drug-likeness (QED) is 0.737. The van der Waals surface area contributed by atoms with Crippen LogP contribution >= 0.6 is 0 Å². The third-order valence-electron chi connectivity index (χ3n) is 2.76. The van der Waals surface area contributed by atoms with Gasteiger partial charge < -0.3 is 10.2 Å². The highest BCUT2D eigenvalue weighted by Gasteiger charge is 2.32. The molecule has 0 aliphatic rings. The Morgan fingerprint density at radius 1 is 1.35 bits per heavy atom. The van der Waals surface area contributed by atoms with Crippen molar-refractivity contribution >= 4 is 16.0 Å². The maximum absolute atomic E-state index is 13.1. The van der Waals surface area contributed by atoms with E-state index in [0.717, 1.165) is 19.1 Å². The molecule has 0 heterocycles. The lowest BCUT2D eigenvalue weighted by molar-refractivity contribution is -0.155. The van der Waals surface area contributed by atoms with Crippen LogP contribution in [0.25, 0.3) is 0 Å². The Hall–Kier alpha value is -1.51. The molecule has 0 fully saturated rings. The van der Waals surface area contributed by atoms with E-state index in [2.05, 4.69) is 0 Å². The van der Waals surface area contributed by atoms with Gasteiger partial charge in [-0.2, -0.15) is 0 Å². The topological polar surface area (TPSA) is 104 Å². The number of aliphatic hydroxyl groups is 1. The maximum atomic E-state index is 13.1. The molecule has 0 saturated heterocycles. The summed E-state index contributed by atoms with van der Waals surface area (Å²) in [7, 11) is -4.05. The molecule has 3 N–H and O–H groups in total. The van der Waals surface area contributed by atoms with E-state index in [0.29, 0.717) is 0 Å². The van der Waals surface area contributed by atoms with Crippen LogP contribution in [0.1, 0.15) is 18.1 Å². The van der Waals surface area contributed by atoms with Gasteiger partial charge >= 0.3 is 5.97 Å². The second kappa shape index (κ2) is 5.47. The van der Waals surface area contributed by atoms with Crippen LogP contribution in [0.3, 0.4) is 0 Å². The first kappa shape index (κ1) is 16.5. The van der Waals surface area contributed by atoms with Gasteiger partial charge in [-0.1, -0.05) is 0 Å². The molecule has 1 unspecified atom stereocenters. The molecule has 0 aliphatic carbocycles. The van der Waals surface area contributed by atoms with Crippen molar-refractivity contribution in [2.75, 3.05) is 6.54 Å². The van der Waals surface area contributed by atoms with E-state index in [1.807, 2.05) is 4.72 Å². The predicted octanol–water partition coefficient (Wildman–Crippen LogP) is 0.556. The fourth-order valence-corrected chi connectivity index (χ4v) is 3.29. The summed E-state index contributed by atoms with van der Waals surface area (Å²) in [5.74, 6) is -2.11. The van der Waals surface area contributed by atoms with Crippen molar-refractivity contribution in [1.82, 2.24) is 4.72 Å². The van der Waals surface area contributed by atoms with Crippen LogP contribution in [0.15, 0.2) is 17.0 Å². The van der Waals surface area contributed by atoms with Gasteiger partial charge in [-0.15, -0.1) is 0 Å². The summed E-state index contributed by atoms with van der Waals surface area (Å²) in [6, 6.07) is 2.13. The molecular weight excluding hydrogens is 289 g/mol. The Labute approximate surface area is 116 Å². The van der Waals surface area contributed by atoms with E-state index in [9.17, 15) is 22.7 Å². The van der Waals surface area contributed by atoms with Crippen LogP contribution in [0, 0.1) is 19.7 Å². The lowest BCUT2D eigenvalue weighted by Crippen LogP contribution is -2.46. The van der Waals surface area contributed by atoms with E-state index in [1.54, 1.807) is 0 Å². The monoisotopic (exact) mass is 305 g/mol. The molecule has 1 aromatic rings. The van der Waals surface area contributed by atoms with Crippen LogP contribution in [0.5, 0.6) is 0 Å². The van der Waals surface area contributed by atoms with Crippen LogP contribution < -0.4 is 4.72 Å². The first-order valence-corrected chi connectivity index (χ1v) is 7.18. The van der Waals surface area contributed by atoms with Crippen molar-refractivity contribution in [1.29, 1.82) is 0 Å². The van der Waals surface area contributed by atoms with Gasteiger partial charge in [0.1, 0.15) is 5.82 Å². The highest BCUT2D eigenvalue weighted by atomic mass is 32.2. The van der Waals surface area contributed by atoms with Crippen molar-refractivity contribution < 1.29 is 27.8 Å². The Balaban J connectivity index is 3.11. The number of benzene rings is 1. The molecule has 1 aromatic carbocycles. The van der Waals surface area contributed by atoms with Crippen molar-refractivity contribution in [2.24, 2.45) is 0 Å². The number of carbonyl (C=O) groups is 1. The average Bonchev–Trinajstić information content (AvgIpc) is 2.24. The minimum atomic E-state index is -4.05. The molecule has 1 atom stereocenters. The molecule has 112 valence electrons. The second-order valence-corrected chi connectivity index (χ2v) is 6.48. The summed E-state index contributed by atoms with van der Waals surface area (Å²) in [4.78, 5) is 10.6. The third-order valence-corrected chi connectivity index (χ3v) is 4.47. The fourth-order valence-electron chi connectivity index (χ4n) is 1.70. The zero-order valence-corrected chi connectivity index (χ0v) is 12.1. The van der Waals surface area contributed by atoms with E-state index in [4.69, 9.17) is 5.11 Å². The van der Waals surface area contributed by atoms with E-state index < -0.39 is 34.0 Å². The number of aryl methyl sites for hydroxylation is 2. The predicted molar refractivity (Wildman–Crippen MR) is 69.3 cm³/mol. The smallest absolute Gasteiger partial charge is 0.336 e. The third kappa shape index (κ3) is 3.53. The number of carboxylic acids is 1. The van der Waals surface area contributed by atoms with Crippen molar-refractivity contribution in [3.63, 3.8) is 0 Å². The van der Waals surface area contributed by atoms with E-state index in [1.165, 1.54) is 13.8 Å². The van der Waals surface area contributed by atoms with E-state index in [-0.39, 0.29) is 16.0 Å². The first-order valence-electron chi connectivity index (χ1n) is 5.69. The van der Waals surface area contributed by atoms with Gasteiger partial charge in [-0.05, 0) is 44.0 Å². The van der Waals surface area contributed by atoms with Crippen LogP contribution in [-0.2, 0) is 14.8 Å². The first-order chi connectivity index (χ1) is 8.97.